The fourth-order valence-electron chi connectivity index (χ4n) is 0.892. The van der Waals surface area contributed by atoms with Crippen molar-refractivity contribution in [1.82, 2.24) is 4.98 Å². The minimum atomic E-state index is 0.295. The van der Waals surface area contributed by atoms with E-state index in [1.807, 2.05) is 6.92 Å². The zero-order valence-corrected chi connectivity index (χ0v) is 8.02. The fourth-order valence-corrected chi connectivity index (χ4v) is 0.959. The van der Waals surface area contributed by atoms with Crippen molar-refractivity contribution in [3.8, 4) is 11.8 Å². The smallest absolute Gasteiger partial charge is 0.146 e. The van der Waals surface area contributed by atoms with Crippen LogP contribution in [-0.4, -0.2) is 10.9 Å². The quantitative estimate of drug-likeness (QED) is 0.482. The number of aromatic nitrogens is 1. The van der Waals surface area contributed by atoms with E-state index in [4.69, 9.17) is 23.1 Å². The van der Waals surface area contributed by atoms with E-state index in [9.17, 15) is 0 Å². The minimum absolute atomic E-state index is 0.295. The van der Waals surface area contributed by atoms with E-state index in [1.165, 1.54) is 0 Å². The highest BCUT2D eigenvalue weighted by Crippen LogP contribution is 2.19. The second-order valence-electron chi connectivity index (χ2n) is 2.53. The van der Waals surface area contributed by atoms with Crippen molar-refractivity contribution in [1.29, 1.82) is 0 Å². The molecular weight excluding hydrogens is 186 g/mol. The minimum Gasteiger partial charge on any atom is -0.395 e. The summed E-state index contributed by atoms with van der Waals surface area (Å²) in [5.74, 6) is 6.22. The Balaban J connectivity index is 3.18. The number of alkyl halides is 1. The number of pyridine rings is 1. The third kappa shape index (κ3) is 2.04. The lowest BCUT2D eigenvalue weighted by molar-refractivity contribution is 1.28. The molecule has 0 fully saturated rings. The molecule has 0 aliphatic carbocycles. The molecule has 0 radical (unpaired) electrons. The second kappa shape index (κ2) is 4.01. The summed E-state index contributed by atoms with van der Waals surface area (Å²) in [6, 6.07) is 0. The van der Waals surface area contributed by atoms with Crippen molar-refractivity contribution in [2.45, 2.75) is 6.92 Å². The lowest BCUT2D eigenvalue weighted by Crippen LogP contribution is -2.01. The summed E-state index contributed by atoms with van der Waals surface area (Å²) >= 11 is 5.42. The van der Waals surface area contributed by atoms with Crippen LogP contribution in [0.3, 0.4) is 0 Å². The Morgan fingerprint density at radius 1 is 1.54 bits per heavy atom. The van der Waals surface area contributed by atoms with Gasteiger partial charge in [0.2, 0.25) is 0 Å². The molecule has 1 aromatic heterocycles. The number of hydrogen-bond acceptors (Lipinski definition) is 3. The average molecular weight is 196 g/mol. The van der Waals surface area contributed by atoms with E-state index < -0.39 is 0 Å². The average Bonchev–Trinajstić information content (AvgIpc) is 2.13. The van der Waals surface area contributed by atoms with E-state index in [0.29, 0.717) is 17.4 Å². The van der Waals surface area contributed by atoms with Gasteiger partial charge in [-0.3, -0.25) is 0 Å². The van der Waals surface area contributed by atoms with E-state index >= 15 is 0 Å². The highest BCUT2D eigenvalue weighted by Gasteiger charge is 2.03. The van der Waals surface area contributed by atoms with Crippen LogP contribution in [0.5, 0.6) is 0 Å². The maximum absolute atomic E-state index is 5.67. The van der Waals surface area contributed by atoms with Crippen molar-refractivity contribution in [2.75, 3.05) is 17.3 Å². The third-order valence-electron chi connectivity index (χ3n) is 1.71. The lowest BCUT2D eigenvalue weighted by Gasteiger charge is -2.04. The molecule has 68 valence electrons. The van der Waals surface area contributed by atoms with Gasteiger partial charge < -0.3 is 11.5 Å². The predicted molar refractivity (Wildman–Crippen MR) is 55.4 cm³/mol. The van der Waals surface area contributed by atoms with Gasteiger partial charge in [0.25, 0.3) is 0 Å². The normalized spacial score (nSPS) is 9.08. The molecule has 0 atom stereocenters. The van der Waals surface area contributed by atoms with Crippen LogP contribution in [0.15, 0.2) is 6.20 Å². The Hall–Kier alpha value is -1.40. The van der Waals surface area contributed by atoms with Gasteiger partial charge in [0.15, 0.2) is 0 Å². The van der Waals surface area contributed by atoms with Gasteiger partial charge in [-0.1, -0.05) is 11.8 Å². The van der Waals surface area contributed by atoms with Crippen molar-refractivity contribution in [3.05, 3.63) is 17.3 Å². The number of rotatable bonds is 0. The number of nitrogens with zero attached hydrogens (tertiary/aromatic N) is 1. The molecule has 3 nitrogen and oxygen atoms in total. The first-order valence-corrected chi connectivity index (χ1v) is 4.25. The molecular formula is C9H10ClN3. The molecule has 0 bridgehead atoms. The van der Waals surface area contributed by atoms with Gasteiger partial charge in [0, 0.05) is 11.8 Å². The highest BCUT2D eigenvalue weighted by molar-refractivity contribution is 6.19. The van der Waals surface area contributed by atoms with Crippen LogP contribution in [-0.2, 0) is 0 Å². The zero-order valence-electron chi connectivity index (χ0n) is 7.26. The number of anilines is 2. The van der Waals surface area contributed by atoms with Gasteiger partial charge >= 0.3 is 0 Å². The van der Waals surface area contributed by atoms with Crippen LogP contribution in [0.25, 0.3) is 0 Å². The Morgan fingerprint density at radius 2 is 2.23 bits per heavy atom. The van der Waals surface area contributed by atoms with Crippen molar-refractivity contribution < 1.29 is 0 Å². The molecule has 1 aromatic rings. The highest BCUT2D eigenvalue weighted by atomic mass is 35.5. The standard InChI is InChI=1S/C9H10ClN3/c1-6-7(3-2-4-10)5-13-9(12)8(6)11/h5H,4,11H2,1H3,(H2,12,13). The third-order valence-corrected chi connectivity index (χ3v) is 1.84. The summed E-state index contributed by atoms with van der Waals surface area (Å²) in [5.41, 5.74) is 13.3. The Bertz CT molecular complexity index is 376. The van der Waals surface area contributed by atoms with Crippen LogP contribution in [0.4, 0.5) is 11.5 Å². The summed E-state index contributed by atoms with van der Waals surface area (Å²) < 4.78 is 0. The number of halogens is 1. The van der Waals surface area contributed by atoms with Gasteiger partial charge in [-0.05, 0) is 12.5 Å². The molecule has 0 spiro atoms. The molecule has 0 amide bonds. The summed E-state index contributed by atoms with van der Waals surface area (Å²) in [7, 11) is 0. The summed E-state index contributed by atoms with van der Waals surface area (Å²) in [5, 5.41) is 0. The molecule has 4 heteroatoms. The maximum Gasteiger partial charge on any atom is 0.146 e. The van der Waals surface area contributed by atoms with Crippen LogP contribution in [0.1, 0.15) is 11.1 Å². The number of nitrogens with two attached hydrogens (primary N) is 2. The van der Waals surface area contributed by atoms with Crippen molar-refractivity contribution in [3.63, 3.8) is 0 Å². The molecule has 13 heavy (non-hydrogen) atoms. The summed E-state index contributed by atoms with van der Waals surface area (Å²) in [4.78, 5) is 3.90. The Kier molecular flexibility index (Phi) is 2.99. The summed E-state index contributed by atoms with van der Waals surface area (Å²) in [6.07, 6.45) is 1.60. The van der Waals surface area contributed by atoms with E-state index in [-0.39, 0.29) is 0 Å². The first kappa shape index (κ1) is 9.69. The van der Waals surface area contributed by atoms with Crippen molar-refractivity contribution >= 4 is 23.1 Å². The first-order valence-electron chi connectivity index (χ1n) is 3.72. The fraction of sp³-hybridized carbons (Fsp3) is 0.222. The topological polar surface area (TPSA) is 64.9 Å². The van der Waals surface area contributed by atoms with Gasteiger partial charge in [-0.2, -0.15) is 0 Å². The monoisotopic (exact) mass is 195 g/mol. The van der Waals surface area contributed by atoms with Gasteiger partial charge in [0.05, 0.1) is 11.6 Å². The van der Waals surface area contributed by atoms with Crippen molar-refractivity contribution in [2.24, 2.45) is 0 Å². The van der Waals surface area contributed by atoms with E-state index in [1.54, 1.807) is 6.20 Å². The van der Waals surface area contributed by atoms with Crippen LogP contribution < -0.4 is 11.5 Å². The molecule has 0 aliphatic rings. The summed E-state index contributed by atoms with van der Waals surface area (Å²) in [6.45, 7) is 1.85. The van der Waals surface area contributed by atoms with E-state index in [2.05, 4.69) is 16.8 Å². The largest absolute Gasteiger partial charge is 0.395 e. The predicted octanol–water partition coefficient (Wildman–Crippen LogP) is 1.14. The molecule has 0 aliphatic heterocycles. The van der Waals surface area contributed by atoms with Crippen LogP contribution in [0.2, 0.25) is 0 Å². The number of hydrogen-bond donors (Lipinski definition) is 2. The molecule has 0 unspecified atom stereocenters. The molecule has 0 saturated heterocycles. The SMILES string of the molecule is Cc1c(C#CCCl)cnc(N)c1N. The maximum atomic E-state index is 5.67. The Morgan fingerprint density at radius 3 is 2.85 bits per heavy atom. The van der Waals surface area contributed by atoms with Gasteiger partial charge in [-0.15, -0.1) is 11.6 Å². The Labute approximate surface area is 82.1 Å². The van der Waals surface area contributed by atoms with Crippen LogP contribution in [0, 0.1) is 18.8 Å². The van der Waals surface area contributed by atoms with Gasteiger partial charge in [0.1, 0.15) is 5.82 Å². The van der Waals surface area contributed by atoms with E-state index in [0.717, 1.165) is 11.1 Å². The molecule has 0 saturated carbocycles. The molecule has 1 heterocycles. The van der Waals surface area contributed by atoms with Gasteiger partial charge in [-0.25, -0.2) is 4.98 Å². The van der Waals surface area contributed by atoms with Crippen LogP contribution >= 0.6 is 11.6 Å². The zero-order chi connectivity index (χ0) is 9.84. The molecule has 4 N–H and O–H groups in total. The molecule has 0 aromatic carbocycles. The lowest BCUT2D eigenvalue weighted by atomic mass is 10.1. The molecule has 1 rings (SSSR count). The first-order chi connectivity index (χ1) is 6.16. The number of nitrogen functional groups attached to an aromatic ring is 2. The second-order valence-corrected chi connectivity index (χ2v) is 2.80.